The number of rotatable bonds is 3. The van der Waals surface area contributed by atoms with Gasteiger partial charge in [0.05, 0.1) is 52.2 Å². The van der Waals surface area contributed by atoms with Gasteiger partial charge in [-0.15, -0.1) is 0 Å². The first-order chi connectivity index (χ1) is 32.0. The summed E-state index contributed by atoms with van der Waals surface area (Å²) in [6, 6.07) is -0.149. The minimum atomic E-state index is -1.49. The number of aryl methyl sites for hydroxylation is 1. The first-order valence-electron chi connectivity index (χ1n) is 22.3. The molecule has 67 heavy (non-hydrogen) atoms. The van der Waals surface area contributed by atoms with Crippen molar-refractivity contribution in [1.29, 1.82) is 0 Å². The summed E-state index contributed by atoms with van der Waals surface area (Å²) in [5.74, 6) is -8.69. The van der Waals surface area contributed by atoms with E-state index in [9.17, 15) is 57.5 Å². The van der Waals surface area contributed by atoms with Crippen LogP contribution in [0.4, 0.5) is 0 Å². The lowest BCUT2D eigenvalue weighted by Crippen LogP contribution is -2.62. The van der Waals surface area contributed by atoms with Gasteiger partial charge in [0.1, 0.15) is 23.7 Å². The monoisotopic (exact) mass is 937 g/mol. The quantitative estimate of drug-likeness (QED) is 0.135. The first-order valence-corrected chi connectivity index (χ1v) is 22.3. The second kappa shape index (κ2) is 24.4. The molecular weight excluding hydrogens is 879 g/mol. The van der Waals surface area contributed by atoms with Gasteiger partial charge in [-0.2, -0.15) is 0 Å². The van der Waals surface area contributed by atoms with Crippen molar-refractivity contribution in [1.82, 2.24) is 68.0 Å². The third-order valence-electron chi connectivity index (χ3n) is 11.7. The highest BCUT2D eigenvalue weighted by atomic mass is 16.2. The zero-order valence-corrected chi connectivity index (χ0v) is 37.3. The van der Waals surface area contributed by atoms with Gasteiger partial charge in [0, 0.05) is 37.9 Å². The van der Waals surface area contributed by atoms with Gasteiger partial charge in [-0.25, -0.2) is 0 Å². The molecule has 3 unspecified atom stereocenters. The predicted octanol–water partition coefficient (Wildman–Crippen LogP) is -5.84. The summed E-state index contributed by atoms with van der Waals surface area (Å²) in [5, 5.41) is 24.5. The Hall–Kier alpha value is -7.21. The van der Waals surface area contributed by atoms with Crippen LogP contribution in [0.2, 0.25) is 0 Å². The molecule has 5 rings (SSSR count). The van der Waals surface area contributed by atoms with Gasteiger partial charge in [-0.3, -0.25) is 62.5 Å². The molecule has 10 N–H and O–H groups in total. The number of piperidine rings is 1. The van der Waals surface area contributed by atoms with Crippen molar-refractivity contribution in [2.45, 2.75) is 94.8 Å². The number of fused-ring (bicyclic) bond motifs is 1. The predicted molar refractivity (Wildman–Crippen MR) is 232 cm³/mol. The van der Waals surface area contributed by atoms with Gasteiger partial charge in [0.15, 0.2) is 0 Å². The molecule has 25 heteroatoms. The Morgan fingerprint density at radius 1 is 0.612 bits per heavy atom. The maximum Gasteiger partial charge on any atom is 0.246 e. The summed E-state index contributed by atoms with van der Waals surface area (Å²) < 4.78 is 0. The van der Waals surface area contributed by atoms with E-state index in [0.29, 0.717) is 50.0 Å². The van der Waals surface area contributed by atoms with Gasteiger partial charge in [0.2, 0.25) is 70.9 Å². The second-order valence-corrected chi connectivity index (χ2v) is 16.8. The van der Waals surface area contributed by atoms with Crippen molar-refractivity contribution in [3.63, 3.8) is 0 Å². The molecule has 25 nitrogen and oxygen atoms in total. The summed E-state index contributed by atoms with van der Waals surface area (Å²) in [7, 11) is 0. The standard InChI is InChI=1S/C42H59N13O12/c1-25-7-8-26(17-43-25)15-27-38(64)53-42(10-3-4-11-42)41(67)50-23-36(62)52-28(40(66)54-12-5-2-6-13-54)16-30(56)44-18-31(57)45-20-33(59)48-24-37(63)55-14-9-29(55)39(65)49-21-34(60)46-19-32(58)47-22-35(61)51-27/h7-8,17,27-29H,2-6,9-16,18-24H2,1H3,(H,44,56)(H,45,57)(H,46,60)(H,47,58)(H,48,59)(H,49,65)(H,50,67)(H,51,61)(H,52,62)(H,53,64). The molecular formula is C42H59N13O12. The number of likely N-dealkylation sites (tertiary alicyclic amines) is 1. The van der Waals surface area contributed by atoms with Crippen LogP contribution in [0.5, 0.6) is 0 Å². The molecule has 12 amide bonds. The van der Waals surface area contributed by atoms with Crippen LogP contribution < -0.4 is 53.2 Å². The molecule has 4 aliphatic rings. The molecule has 0 radical (unpaired) electrons. The lowest BCUT2D eigenvalue weighted by molar-refractivity contribution is -0.147. The number of pyridine rings is 1. The fourth-order valence-corrected chi connectivity index (χ4v) is 7.87. The van der Waals surface area contributed by atoms with Crippen molar-refractivity contribution in [2.24, 2.45) is 0 Å². The van der Waals surface area contributed by atoms with Crippen LogP contribution in [0.1, 0.15) is 69.0 Å². The lowest BCUT2D eigenvalue weighted by atomic mass is 9.94. The summed E-state index contributed by atoms with van der Waals surface area (Å²) in [5.41, 5.74) is -0.226. The van der Waals surface area contributed by atoms with Crippen molar-refractivity contribution in [2.75, 3.05) is 65.4 Å². The maximum absolute atomic E-state index is 14.0. The van der Waals surface area contributed by atoms with E-state index >= 15 is 0 Å². The summed E-state index contributed by atoms with van der Waals surface area (Å²) in [6.45, 7) is -1.29. The fraction of sp³-hybridized carbons (Fsp3) is 0.595. The topological polar surface area (TPSA) is 345 Å². The third-order valence-corrected chi connectivity index (χ3v) is 11.7. The molecule has 1 saturated carbocycles. The Morgan fingerprint density at radius 2 is 1.16 bits per heavy atom. The molecule has 1 spiro atoms. The van der Waals surface area contributed by atoms with Gasteiger partial charge in [-0.1, -0.05) is 18.9 Å². The summed E-state index contributed by atoms with van der Waals surface area (Å²) in [6.07, 6.45) is 4.96. The number of hydrogen-bond donors (Lipinski definition) is 10. The highest BCUT2D eigenvalue weighted by molar-refractivity contribution is 5.99. The largest absolute Gasteiger partial charge is 0.347 e. The van der Waals surface area contributed by atoms with E-state index in [0.717, 1.165) is 6.42 Å². The Bertz CT molecular complexity index is 2070. The number of carbonyl (C=O) groups is 12. The summed E-state index contributed by atoms with van der Waals surface area (Å²) >= 11 is 0. The van der Waals surface area contributed by atoms with E-state index in [1.54, 1.807) is 19.1 Å². The molecule has 0 aromatic carbocycles. The molecule has 3 saturated heterocycles. The molecule has 1 aromatic rings. The van der Waals surface area contributed by atoms with Gasteiger partial charge >= 0.3 is 0 Å². The fourth-order valence-electron chi connectivity index (χ4n) is 7.87. The van der Waals surface area contributed by atoms with Gasteiger partial charge in [0.25, 0.3) is 0 Å². The Morgan fingerprint density at radius 3 is 1.75 bits per heavy atom. The Labute approximate surface area is 385 Å². The van der Waals surface area contributed by atoms with Gasteiger partial charge < -0.3 is 63.0 Å². The average Bonchev–Trinajstić information content (AvgIpc) is 3.78. The average molecular weight is 938 g/mol. The minimum absolute atomic E-state index is 0.0608. The van der Waals surface area contributed by atoms with Crippen LogP contribution in [0, 0.1) is 6.92 Å². The highest BCUT2D eigenvalue weighted by Gasteiger charge is 2.44. The molecule has 3 aliphatic heterocycles. The lowest BCUT2D eigenvalue weighted by Gasteiger charge is -2.39. The van der Waals surface area contributed by atoms with Crippen LogP contribution in [-0.4, -0.2) is 175 Å². The van der Waals surface area contributed by atoms with E-state index in [1.165, 1.54) is 16.0 Å². The van der Waals surface area contributed by atoms with Crippen molar-refractivity contribution >= 4 is 70.9 Å². The van der Waals surface area contributed by atoms with Gasteiger partial charge in [-0.05, 0) is 57.1 Å². The van der Waals surface area contributed by atoms with Crippen molar-refractivity contribution < 1.29 is 57.5 Å². The zero-order valence-electron chi connectivity index (χ0n) is 37.3. The number of nitrogens with zero attached hydrogens (tertiary/aromatic N) is 3. The summed E-state index contributed by atoms with van der Waals surface area (Å²) in [4.78, 5) is 164. The minimum Gasteiger partial charge on any atom is -0.347 e. The third kappa shape index (κ3) is 15.4. The van der Waals surface area contributed by atoms with E-state index in [-0.39, 0.29) is 32.2 Å². The smallest absolute Gasteiger partial charge is 0.246 e. The van der Waals surface area contributed by atoms with Crippen LogP contribution >= 0.6 is 0 Å². The molecule has 4 fully saturated rings. The van der Waals surface area contributed by atoms with Crippen LogP contribution in [0.15, 0.2) is 18.3 Å². The number of hydrogen-bond acceptors (Lipinski definition) is 13. The normalized spacial score (nSPS) is 24.3. The zero-order chi connectivity index (χ0) is 48.5. The number of carbonyl (C=O) groups excluding carboxylic acids is 12. The Balaban J connectivity index is 1.29. The van der Waals surface area contributed by atoms with Crippen LogP contribution in [0.3, 0.4) is 0 Å². The number of aromatic nitrogens is 1. The molecule has 1 aromatic heterocycles. The molecule has 0 bridgehead atoms. The molecule has 1 aliphatic carbocycles. The van der Waals surface area contributed by atoms with Crippen molar-refractivity contribution in [3.05, 3.63) is 29.6 Å². The van der Waals surface area contributed by atoms with E-state index < -0.39 is 147 Å². The molecule has 364 valence electrons. The van der Waals surface area contributed by atoms with Crippen molar-refractivity contribution in [3.8, 4) is 0 Å². The first kappa shape index (κ1) is 50.8. The van der Waals surface area contributed by atoms with Crippen LogP contribution in [0.25, 0.3) is 0 Å². The molecule has 3 atom stereocenters. The van der Waals surface area contributed by atoms with E-state index in [2.05, 4.69) is 58.2 Å². The number of nitrogens with one attached hydrogen (secondary N) is 10. The second-order valence-electron chi connectivity index (χ2n) is 16.8. The Kier molecular flexibility index (Phi) is 18.5. The SMILES string of the molecule is Cc1ccc(CC2NC(=O)CNC(=O)CNC(=O)CNC(=O)C3CCN3C(=O)CNC(=O)CNC(=O)CNC(=O)CC(C(=O)N3CCCCC3)NC(=O)CNC(=O)C3(CCCC3)NC2=O)cn1. The maximum atomic E-state index is 14.0. The van der Waals surface area contributed by atoms with E-state index in [1.807, 2.05) is 0 Å². The molecule has 4 heterocycles. The number of amides is 12. The van der Waals surface area contributed by atoms with E-state index in [4.69, 9.17) is 0 Å². The van der Waals surface area contributed by atoms with Crippen LogP contribution in [-0.2, 0) is 64.0 Å². The highest BCUT2D eigenvalue weighted by Crippen LogP contribution is 2.30.